The van der Waals surface area contributed by atoms with Gasteiger partial charge < -0.3 is 15.0 Å². The van der Waals surface area contributed by atoms with Gasteiger partial charge in [-0.1, -0.05) is 18.9 Å². The van der Waals surface area contributed by atoms with Crippen LogP contribution in [0.1, 0.15) is 67.0 Å². The van der Waals surface area contributed by atoms with Gasteiger partial charge in [0.2, 0.25) is 11.8 Å². The number of pyridine rings is 2. The van der Waals surface area contributed by atoms with E-state index in [1.807, 2.05) is 0 Å². The minimum atomic E-state index is -4.69. The third-order valence-electron chi connectivity index (χ3n) is 9.75. The fourth-order valence-electron chi connectivity index (χ4n) is 7.10. The molecule has 2 aliphatic heterocycles. The van der Waals surface area contributed by atoms with E-state index < -0.39 is 35.1 Å². The number of aromatic nitrogens is 6. The zero-order valence-electron chi connectivity index (χ0n) is 27.0. The van der Waals surface area contributed by atoms with Crippen molar-refractivity contribution in [3.8, 4) is 17.3 Å². The Labute approximate surface area is 279 Å². The Morgan fingerprint density at radius 1 is 1.10 bits per heavy atom. The van der Waals surface area contributed by atoms with E-state index in [0.717, 1.165) is 31.7 Å². The molecule has 6 heterocycles. The van der Waals surface area contributed by atoms with Gasteiger partial charge in [-0.15, -0.1) is 0 Å². The Kier molecular flexibility index (Phi) is 8.30. The molecule has 4 aromatic rings. The normalized spacial score (nSPS) is 22.9. The number of nitrogens with zero attached hydrogens (tertiary/aromatic N) is 8. The highest BCUT2D eigenvalue weighted by Gasteiger charge is 2.67. The maximum Gasteiger partial charge on any atom is 0.433 e. The average molecular weight is 674 g/mol. The Hall–Kier alpha value is -4.97. The summed E-state index contributed by atoms with van der Waals surface area (Å²) < 4.78 is 47.9. The van der Waals surface area contributed by atoms with Crippen LogP contribution in [0.3, 0.4) is 0 Å². The molecule has 1 saturated carbocycles. The van der Waals surface area contributed by atoms with E-state index in [9.17, 15) is 28.0 Å². The van der Waals surface area contributed by atoms with Crippen LogP contribution < -0.4 is 5.32 Å². The molecule has 2 amide bonds. The molecule has 7 rings (SSSR count). The quantitative estimate of drug-likeness (QED) is 0.319. The molecule has 3 atom stereocenters. The maximum absolute atomic E-state index is 14.2. The molecule has 15 heteroatoms. The molecule has 1 saturated heterocycles. The van der Waals surface area contributed by atoms with Crippen LogP contribution in [0, 0.1) is 30.6 Å². The van der Waals surface area contributed by atoms with Crippen LogP contribution in [-0.2, 0) is 33.5 Å². The summed E-state index contributed by atoms with van der Waals surface area (Å²) in [6, 6.07) is 4.77. The Balaban J connectivity index is 1.25. The zero-order valence-corrected chi connectivity index (χ0v) is 27.0. The number of rotatable bonds is 3. The Morgan fingerprint density at radius 2 is 1.88 bits per heavy atom. The number of alkyl halides is 3. The highest BCUT2D eigenvalue weighted by molar-refractivity contribution is 5.98. The van der Waals surface area contributed by atoms with Crippen molar-refractivity contribution in [2.45, 2.75) is 83.6 Å². The molecule has 1 N–H and O–H groups in total. The molecule has 1 aliphatic carbocycles. The number of hydrogen-bond donors (Lipinski definition) is 1. The van der Waals surface area contributed by atoms with Crippen molar-refractivity contribution in [1.29, 1.82) is 5.26 Å². The van der Waals surface area contributed by atoms with Crippen molar-refractivity contribution in [1.82, 2.24) is 34.6 Å². The topological polar surface area (TPSA) is 152 Å². The van der Waals surface area contributed by atoms with Crippen molar-refractivity contribution >= 4 is 28.5 Å². The molecule has 2 bridgehead atoms. The van der Waals surface area contributed by atoms with E-state index in [1.54, 1.807) is 32.3 Å². The van der Waals surface area contributed by atoms with Gasteiger partial charge in [0.1, 0.15) is 36.0 Å². The van der Waals surface area contributed by atoms with Crippen LogP contribution in [-0.4, -0.2) is 71.7 Å². The lowest BCUT2D eigenvalue weighted by molar-refractivity contribution is -0.141. The summed E-state index contributed by atoms with van der Waals surface area (Å²) in [5.41, 5.74) is 1.45. The fourth-order valence-corrected chi connectivity index (χ4v) is 7.10. The standard InChI is InChI=1S/C34H34F3N9O3/c1-19-8-9-27(34(35,36)37)42-31(19)43-32(48)26-12-33-13-28(33)46(26)29(47)17-45-30-22(25(14-38)44-45)11-24(21-15-39-20(2)40-16-21)41-23(30)7-5-3-4-6-10-49-18-33/h8-9,11,15-16,26,28H,3-7,10,12-13,17-18H2,1-2H3,(H,42,43,48)/t26-,28+,33-/m0/s1. The number of hydrogen-bond acceptors (Lipinski definition) is 9. The summed E-state index contributed by atoms with van der Waals surface area (Å²) in [7, 11) is 0. The second-order valence-electron chi connectivity index (χ2n) is 13.2. The molecular weight excluding hydrogens is 639 g/mol. The molecule has 49 heavy (non-hydrogen) atoms. The molecule has 0 aromatic carbocycles. The van der Waals surface area contributed by atoms with Crippen LogP contribution in [0.5, 0.6) is 0 Å². The molecule has 254 valence electrons. The van der Waals surface area contributed by atoms with Crippen molar-refractivity contribution in [3.63, 3.8) is 0 Å². The molecular formula is C34H34F3N9O3. The summed E-state index contributed by atoms with van der Waals surface area (Å²) in [6.45, 7) is 3.98. The van der Waals surface area contributed by atoms with Crippen molar-refractivity contribution in [2.75, 3.05) is 18.5 Å². The lowest BCUT2D eigenvalue weighted by Crippen LogP contribution is -2.47. The van der Waals surface area contributed by atoms with Crippen LogP contribution in [0.25, 0.3) is 22.2 Å². The summed E-state index contributed by atoms with van der Waals surface area (Å²) in [4.78, 5) is 46.8. The zero-order chi connectivity index (χ0) is 34.5. The number of nitrogens with one attached hydrogen (secondary N) is 1. The van der Waals surface area contributed by atoms with E-state index in [1.165, 1.54) is 15.6 Å². The van der Waals surface area contributed by atoms with Gasteiger partial charge >= 0.3 is 6.18 Å². The number of carbonyl (C=O) groups is 2. The van der Waals surface area contributed by atoms with Crippen molar-refractivity contribution in [3.05, 3.63) is 59.1 Å². The predicted octanol–water partition coefficient (Wildman–Crippen LogP) is 4.92. The molecule has 0 spiro atoms. The van der Waals surface area contributed by atoms with Gasteiger partial charge in [-0.05, 0) is 63.6 Å². The summed E-state index contributed by atoms with van der Waals surface area (Å²) >= 11 is 0. The first-order valence-electron chi connectivity index (χ1n) is 16.3. The minimum Gasteiger partial charge on any atom is -0.381 e. The summed E-state index contributed by atoms with van der Waals surface area (Å²) in [6.07, 6.45) is 3.70. The molecule has 0 radical (unpaired) electrons. The number of nitriles is 1. The van der Waals surface area contributed by atoms with Gasteiger partial charge in [0, 0.05) is 41.4 Å². The lowest BCUT2D eigenvalue weighted by Gasteiger charge is -2.27. The van der Waals surface area contributed by atoms with Crippen LogP contribution in [0.15, 0.2) is 30.6 Å². The summed E-state index contributed by atoms with van der Waals surface area (Å²) in [5, 5.41) is 17.7. The first kappa shape index (κ1) is 32.6. The smallest absolute Gasteiger partial charge is 0.381 e. The van der Waals surface area contributed by atoms with Crippen molar-refractivity contribution < 1.29 is 27.5 Å². The molecule has 3 aliphatic rings. The van der Waals surface area contributed by atoms with Crippen LogP contribution in [0.4, 0.5) is 19.0 Å². The van der Waals surface area contributed by atoms with Gasteiger partial charge in [-0.3, -0.25) is 19.3 Å². The number of amides is 2. The third-order valence-corrected chi connectivity index (χ3v) is 9.75. The van der Waals surface area contributed by atoms with Crippen molar-refractivity contribution in [2.24, 2.45) is 5.41 Å². The highest BCUT2D eigenvalue weighted by atomic mass is 19.4. The van der Waals surface area contributed by atoms with Gasteiger partial charge in [0.05, 0.1) is 23.5 Å². The average Bonchev–Trinajstić information content (AvgIpc) is 3.48. The molecule has 12 nitrogen and oxygen atoms in total. The Bertz CT molecular complexity index is 1990. The molecule has 2 fully saturated rings. The SMILES string of the molecule is Cc1ncc(-c2cc3c(C#N)nn4c3c(n2)CCCCCCOC[C@@]23C[C@@H](C(=O)Nc5nc(C(F)(F)F)ccc5C)N(C(=O)C4)[C@@H]2C3)cn1. The first-order chi connectivity index (χ1) is 23.5. The number of carbonyl (C=O) groups excluding carboxylic acids is 2. The fraction of sp³-hybridized carbons (Fsp3) is 0.471. The monoisotopic (exact) mass is 673 g/mol. The number of anilines is 1. The number of aryl methyl sites for hydroxylation is 3. The van der Waals surface area contributed by atoms with Gasteiger partial charge in [0.15, 0.2) is 5.69 Å². The van der Waals surface area contributed by atoms with Gasteiger partial charge in [-0.2, -0.15) is 23.5 Å². The Morgan fingerprint density at radius 3 is 2.63 bits per heavy atom. The molecule has 4 aromatic heterocycles. The highest BCUT2D eigenvalue weighted by Crippen LogP contribution is 2.60. The first-order valence-corrected chi connectivity index (χ1v) is 16.3. The van der Waals surface area contributed by atoms with Crippen LogP contribution in [0.2, 0.25) is 0 Å². The minimum absolute atomic E-state index is 0.134. The third kappa shape index (κ3) is 6.21. The lowest BCUT2D eigenvalue weighted by atomic mass is 10.00. The van der Waals surface area contributed by atoms with Crippen LogP contribution >= 0.6 is 0 Å². The largest absolute Gasteiger partial charge is 0.433 e. The number of piperidine rings is 1. The van der Waals surface area contributed by atoms with E-state index in [-0.39, 0.29) is 24.1 Å². The second kappa shape index (κ2) is 12.5. The predicted molar refractivity (Wildman–Crippen MR) is 170 cm³/mol. The van der Waals surface area contributed by atoms with E-state index in [2.05, 4.69) is 31.4 Å². The van der Waals surface area contributed by atoms with E-state index >= 15 is 0 Å². The maximum atomic E-state index is 14.2. The van der Waals surface area contributed by atoms with E-state index in [4.69, 9.17) is 9.72 Å². The summed E-state index contributed by atoms with van der Waals surface area (Å²) in [5.74, 6) is -0.621. The van der Waals surface area contributed by atoms with E-state index in [0.29, 0.717) is 71.7 Å². The number of halogens is 3. The van der Waals surface area contributed by atoms with Gasteiger partial charge in [0.25, 0.3) is 0 Å². The molecule has 0 unspecified atom stereocenters. The number of ether oxygens (including phenoxy) is 1. The van der Waals surface area contributed by atoms with Gasteiger partial charge in [-0.25, -0.2) is 15.0 Å². The second-order valence-corrected chi connectivity index (χ2v) is 13.2.